The lowest BCUT2D eigenvalue weighted by Gasteiger charge is -2.43. The molecule has 1 fully saturated rings. The third kappa shape index (κ3) is 4.12. The van der Waals surface area contributed by atoms with Crippen LogP contribution in [-0.2, 0) is 9.53 Å². The number of ether oxygens (including phenoxy) is 1. The van der Waals surface area contributed by atoms with Gasteiger partial charge in [0, 0.05) is 13.0 Å². The van der Waals surface area contributed by atoms with Gasteiger partial charge in [-0.2, -0.15) is 0 Å². The fourth-order valence-corrected chi connectivity index (χ4v) is 2.05. The van der Waals surface area contributed by atoms with Gasteiger partial charge in [-0.15, -0.1) is 0 Å². The molecule has 0 aromatic rings. The van der Waals surface area contributed by atoms with Crippen LogP contribution in [0, 0.1) is 0 Å². The van der Waals surface area contributed by atoms with Crippen LogP contribution in [0.25, 0.3) is 0 Å². The largest absolute Gasteiger partial charge is 0.394 e. The molecule has 1 saturated heterocycles. The normalized spacial score (nSPS) is 36.8. The van der Waals surface area contributed by atoms with Gasteiger partial charge in [-0.3, -0.25) is 10.1 Å². The summed E-state index contributed by atoms with van der Waals surface area (Å²) in [6, 6.07) is -0.646. The molecule has 1 aliphatic rings. The van der Waals surface area contributed by atoms with Gasteiger partial charge in [0.1, 0.15) is 24.5 Å². The molecule has 1 amide bonds. The summed E-state index contributed by atoms with van der Waals surface area (Å²) in [6.07, 6.45) is -3.13. The monoisotopic (exact) mass is 276 g/mol. The zero-order valence-corrected chi connectivity index (χ0v) is 11.5. The van der Waals surface area contributed by atoms with Gasteiger partial charge >= 0.3 is 0 Å². The highest BCUT2D eigenvalue weighted by Crippen LogP contribution is 2.20. The average Bonchev–Trinajstić information content (AvgIpc) is 2.37. The Labute approximate surface area is 113 Å². The van der Waals surface area contributed by atoms with Gasteiger partial charge in [-0.05, 0) is 13.3 Å². The van der Waals surface area contributed by atoms with Gasteiger partial charge in [-0.25, -0.2) is 0 Å². The third-order valence-corrected chi connectivity index (χ3v) is 3.36. The van der Waals surface area contributed by atoms with E-state index >= 15 is 0 Å². The van der Waals surface area contributed by atoms with Crippen molar-refractivity contribution in [2.75, 3.05) is 6.61 Å². The zero-order chi connectivity index (χ0) is 14.6. The van der Waals surface area contributed by atoms with Gasteiger partial charge in [-0.1, -0.05) is 6.92 Å². The van der Waals surface area contributed by atoms with E-state index in [1.54, 1.807) is 0 Å². The lowest BCUT2D eigenvalue weighted by atomic mass is 9.95. The quantitative estimate of drug-likeness (QED) is 0.410. The first-order valence-corrected chi connectivity index (χ1v) is 6.56. The summed E-state index contributed by atoms with van der Waals surface area (Å²) in [5.74, 6) is -0.321. The van der Waals surface area contributed by atoms with Crippen molar-refractivity contribution in [1.82, 2.24) is 10.6 Å². The van der Waals surface area contributed by atoms with E-state index in [0.717, 1.165) is 6.42 Å². The highest BCUT2D eigenvalue weighted by molar-refractivity contribution is 5.73. The Morgan fingerprint density at radius 2 is 2.00 bits per heavy atom. The number of hydrogen-bond acceptors (Lipinski definition) is 6. The molecule has 7 nitrogen and oxygen atoms in total. The Morgan fingerprint density at radius 1 is 1.37 bits per heavy atom. The molecular weight excluding hydrogens is 252 g/mol. The van der Waals surface area contributed by atoms with Crippen LogP contribution in [0.15, 0.2) is 0 Å². The first-order valence-electron chi connectivity index (χ1n) is 6.56. The van der Waals surface area contributed by atoms with Crippen molar-refractivity contribution in [2.45, 2.75) is 63.8 Å². The highest BCUT2D eigenvalue weighted by Gasteiger charge is 2.44. The summed E-state index contributed by atoms with van der Waals surface area (Å²) in [4.78, 5) is 11.2. The molecule has 6 atom stereocenters. The lowest BCUT2D eigenvalue weighted by molar-refractivity contribution is -0.204. The van der Waals surface area contributed by atoms with Crippen molar-refractivity contribution < 1.29 is 24.9 Å². The smallest absolute Gasteiger partial charge is 0.217 e. The van der Waals surface area contributed by atoms with Crippen LogP contribution in [0.4, 0.5) is 0 Å². The van der Waals surface area contributed by atoms with Crippen molar-refractivity contribution >= 4 is 5.91 Å². The van der Waals surface area contributed by atoms with E-state index in [-0.39, 0.29) is 11.9 Å². The Morgan fingerprint density at radius 3 is 2.47 bits per heavy atom. The standard InChI is InChI=1S/C12H24N2O5/c1-4-6(2)13-12-9(14-7(3)16)11(18)10(17)8(5-15)19-12/h6,8-13,15,17-18H,4-5H2,1-3H3,(H,14,16). The second-order valence-electron chi connectivity index (χ2n) is 4.96. The van der Waals surface area contributed by atoms with Crippen LogP contribution in [0.5, 0.6) is 0 Å². The summed E-state index contributed by atoms with van der Waals surface area (Å²) in [6.45, 7) is 4.86. The molecule has 5 N–H and O–H groups in total. The van der Waals surface area contributed by atoms with E-state index in [1.807, 2.05) is 13.8 Å². The summed E-state index contributed by atoms with van der Waals surface area (Å²) in [7, 11) is 0. The van der Waals surface area contributed by atoms with Crippen molar-refractivity contribution in [3.8, 4) is 0 Å². The fourth-order valence-electron chi connectivity index (χ4n) is 2.05. The predicted molar refractivity (Wildman–Crippen MR) is 68.3 cm³/mol. The van der Waals surface area contributed by atoms with E-state index in [1.165, 1.54) is 6.92 Å². The molecule has 0 bridgehead atoms. The third-order valence-electron chi connectivity index (χ3n) is 3.36. The van der Waals surface area contributed by atoms with Crippen molar-refractivity contribution in [1.29, 1.82) is 0 Å². The highest BCUT2D eigenvalue weighted by atomic mass is 16.5. The van der Waals surface area contributed by atoms with Crippen LogP contribution in [-0.4, -0.2) is 64.5 Å². The first kappa shape index (κ1) is 16.3. The summed E-state index contributed by atoms with van der Waals surface area (Å²) in [5.41, 5.74) is 0. The number of carbonyl (C=O) groups is 1. The van der Waals surface area contributed by atoms with Gasteiger partial charge in [0.05, 0.1) is 12.6 Å². The molecule has 0 aliphatic carbocycles. The van der Waals surface area contributed by atoms with Crippen LogP contribution in [0.2, 0.25) is 0 Å². The van der Waals surface area contributed by atoms with Crippen molar-refractivity contribution in [3.63, 3.8) is 0 Å². The van der Waals surface area contributed by atoms with E-state index in [9.17, 15) is 15.0 Å². The molecule has 1 rings (SSSR count). The molecular formula is C12H24N2O5. The number of amides is 1. The molecule has 0 aromatic heterocycles. The number of nitrogens with one attached hydrogen (secondary N) is 2. The zero-order valence-electron chi connectivity index (χ0n) is 11.5. The van der Waals surface area contributed by atoms with Gasteiger partial charge in [0.2, 0.25) is 5.91 Å². The number of hydrogen-bond donors (Lipinski definition) is 5. The maximum absolute atomic E-state index is 11.2. The van der Waals surface area contributed by atoms with Crippen LogP contribution in [0.1, 0.15) is 27.2 Å². The van der Waals surface area contributed by atoms with Gasteiger partial charge in [0.15, 0.2) is 0 Å². The predicted octanol–water partition coefficient (Wildman–Crippen LogP) is -1.68. The summed E-state index contributed by atoms with van der Waals surface area (Å²) in [5, 5.41) is 34.7. The van der Waals surface area contributed by atoms with Crippen LogP contribution in [0.3, 0.4) is 0 Å². The summed E-state index contributed by atoms with van der Waals surface area (Å²) < 4.78 is 5.52. The molecule has 1 heterocycles. The molecule has 6 unspecified atom stereocenters. The van der Waals surface area contributed by atoms with E-state index in [0.29, 0.717) is 0 Å². The fraction of sp³-hybridized carbons (Fsp3) is 0.917. The van der Waals surface area contributed by atoms with Gasteiger partial charge in [0.25, 0.3) is 0 Å². The Balaban J connectivity index is 2.83. The number of rotatable bonds is 5. The van der Waals surface area contributed by atoms with Crippen LogP contribution < -0.4 is 10.6 Å². The molecule has 7 heteroatoms. The average molecular weight is 276 g/mol. The number of carbonyl (C=O) groups excluding carboxylic acids is 1. The second kappa shape index (κ2) is 7.16. The number of aliphatic hydroxyl groups excluding tert-OH is 3. The Bertz CT molecular complexity index is 302. The maximum Gasteiger partial charge on any atom is 0.217 e. The lowest BCUT2D eigenvalue weighted by Crippen LogP contribution is -2.68. The van der Waals surface area contributed by atoms with E-state index < -0.39 is 37.2 Å². The molecule has 1 aliphatic heterocycles. The second-order valence-corrected chi connectivity index (χ2v) is 4.96. The minimum absolute atomic E-state index is 0.114. The molecule has 0 spiro atoms. The molecule has 112 valence electrons. The van der Waals surface area contributed by atoms with E-state index in [2.05, 4.69) is 10.6 Å². The molecule has 0 saturated carbocycles. The topological polar surface area (TPSA) is 111 Å². The Kier molecular flexibility index (Phi) is 6.15. The van der Waals surface area contributed by atoms with Crippen molar-refractivity contribution in [2.24, 2.45) is 0 Å². The minimum Gasteiger partial charge on any atom is -0.394 e. The van der Waals surface area contributed by atoms with Crippen LogP contribution >= 0.6 is 0 Å². The number of aliphatic hydroxyl groups is 3. The van der Waals surface area contributed by atoms with Gasteiger partial charge < -0.3 is 25.4 Å². The minimum atomic E-state index is -1.24. The molecule has 0 aromatic carbocycles. The first-order chi connectivity index (χ1) is 8.90. The Hall–Kier alpha value is -0.730. The molecule has 19 heavy (non-hydrogen) atoms. The van der Waals surface area contributed by atoms with E-state index in [4.69, 9.17) is 9.84 Å². The molecule has 0 radical (unpaired) electrons. The van der Waals surface area contributed by atoms with Crippen molar-refractivity contribution in [3.05, 3.63) is 0 Å². The maximum atomic E-state index is 11.2. The summed E-state index contributed by atoms with van der Waals surface area (Å²) >= 11 is 0. The SMILES string of the molecule is CCC(C)NC1OC(CO)C(O)C(O)C1NC(C)=O.